The second-order valence-corrected chi connectivity index (χ2v) is 13.7. The number of aryl methyl sites for hydroxylation is 1. The molecule has 4 aromatic carbocycles. The topological polar surface area (TPSA) is 66.5 Å². The smallest absolute Gasteiger partial charge is 0.248 e. The van der Waals surface area contributed by atoms with E-state index in [4.69, 9.17) is 34.8 Å². The fraction of sp³-hybridized carbons (Fsp3) is 0.206. The minimum absolute atomic E-state index is 0.109. The van der Waals surface area contributed by atoms with Gasteiger partial charge in [0.2, 0.25) is 17.7 Å². The van der Waals surface area contributed by atoms with E-state index in [-0.39, 0.29) is 6.42 Å². The van der Waals surface area contributed by atoms with Gasteiger partial charge in [-0.3, -0.25) is 19.3 Å². The molecule has 4 aromatic rings. The van der Waals surface area contributed by atoms with Crippen molar-refractivity contribution < 1.29 is 14.4 Å². The monoisotopic (exact) mass is 692 g/mol. The standard InChI is InChI=1S/C34H24BrCl3N2O3/c1-18-15-24(35)25(36)17-26(18)39-30(41)27(16-19-9-3-2-4-10-19)40-31(42)28-29(32(40)43)34(38)21-12-6-5-11-20(21)33(28,37)22-13-7-8-14-23(22)34/h2-15,17,27-29H,16H2,1H3,(H,39,41)/t27-,28-,29+,33?,34?/m1/s1. The average Bonchev–Trinajstić information content (AvgIpc) is 3.28. The number of hydrogen-bond donors (Lipinski definition) is 1. The van der Waals surface area contributed by atoms with Gasteiger partial charge < -0.3 is 5.32 Å². The number of nitrogens with one attached hydrogen (secondary N) is 1. The van der Waals surface area contributed by atoms with Gasteiger partial charge in [0.05, 0.1) is 16.9 Å². The van der Waals surface area contributed by atoms with Crippen LogP contribution < -0.4 is 5.32 Å². The van der Waals surface area contributed by atoms with Crippen molar-refractivity contribution in [1.82, 2.24) is 4.90 Å². The number of anilines is 1. The molecule has 0 spiro atoms. The van der Waals surface area contributed by atoms with E-state index >= 15 is 0 Å². The predicted octanol–water partition coefficient (Wildman–Crippen LogP) is 7.55. The Balaban J connectivity index is 1.36. The second kappa shape index (κ2) is 10.2. The molecule has 9 heteroatoms. The molecule has 0 unspecified atom stereocenters. The lowest BCUT2D eigenvalue weighted by molar-refractivity contribution is -0.146. The Labute approximate surface area is 272 Å². The first-order valence-corrected chi connectivity index (χ1v) is 15.8. The molecule has 3 atom stereocenters. The van der Waals surface area contributed by atoms with Crippen molar-refractivity contribution in [2.75, 3.05) is 5.32 Å². The maximum absolute atomic E-state index is 14.6. The Kier molecular flexibility index (Phi) is 6.78. The molecule has 216 valence electrons. The van der Waals surface area contributed by atoms with Crippen LogP contribution in [0.2, 0.25) is 5.02 Å². The summed E-state index contributed by atoms with van der Waals surface area (Å²) < 4.78 is 0.689. The molecule has 4 aliphatic rings. The molecule has 0 radical (unpaired) electrons. The molecule has 3 amide bonds. The Morgan fingerprint density at radius 2 is 1.30 bits per heavy atom. The Morgan fingerprint density at radius 3 is 1.79 bits per heavy atom. The summed E-state index contributed by atoms with van der Waals surface area (Å²) in [5, 5.41) is 3.35. The van der Waals surface area contributed by atoms with Gasteiger partial charge in [0, 0.05) is 16.6 Å². The maximum atomic E-state index is 14.6. The van der Waals surface area contributed by atoms with Crippen molar-refractivity contribution in [3.63, 3.8) is 0 Å². The van der Waals surface area contributed by atoms with Crippen molar-refractivity contribution in [3.05, 3.63) is 134 Å². The van der Waals surface area contributed by atoms with Crippen LogP contribution in [0.15, 0.2) is 95.5 Å². The van der Waals surface area contributed by atoms with E-state index in [0.717, 1.165) is 16.0 Å². The van der Waals surface area contributed by atoms with Crippen molar-refractivity contribution in [1.29, 1.82) is 0 Å². The Hall–Kier alpha value is -3.16. The maximum Gasteiger partial charge on any atom is 0.248 e. The second-order valence-electron chi connectivity index (χ2n) is 11.3. The van der Waals surface area contributed by atoms with Crippen molar-refractivity contribution in [3.8, 4) is 0 Å². The quantitative estimate of drug-likeness (QED) is 0.173. The van der Waals surface area contributed by atoms with Gasteiger partial charge in [0.1, 0.15) is 15.8 Å². The summed E-state index contributed by atoms with van der Waals surface area (Å²) in [7, 11) is 0. The van der Waals surface area contributed by atoms with Crippen LogP contribution in [0, 0.1) is 18.8 Å². The summed E-state index contributed by atoms with van der Waals surface area (Å²) in [6.07, 6.45) is 0.109. The highest BCUT2D eigenvalue weighted by Gasteiger charge is 2.73. The third-order valence-electron chi connectivity index (χ3n) is 9.03. The van der Waals surface area contributed by atoms with Crippen LogP contribution in [0.1, 0.15) is 33.4 Å². The van der Waals surface area contributed by atoms with E-state index in [0.29, 0.717) is 37.4 Å². The van der Waals surface area contributed by atoms with Gasteiger partial charge in [-0.05, 0) is 68.4 Å². The summed E-state index contributed by atoms with van der Waals surface area (Å²) in [6.45, 7) is 1.84. The summed E-state index contributed by atoms with van der Waals surface area (Å²) in [6, 6.07) is 26.5. The van der Waals surface area contributed by atoms with E-state index in [1.165, 1.54) is 0 Å². The first kappa shape index (κ1) is 28.6. The van der Waals surface area contributed by atoms with Crippen molar-refractivity contribution >= 4 is 74.1 Å². The fourth-order valence-corrected chi connectivity index (χ4v) is 8.85. The molecule has 1 aliphatic heterocycles. The molecule has 2 bridgehead atoms. The van der Waals surface area contributed by atoms with Gasteiger partial charge in [0.25, 0.3) is 0 Å². The number of carbonyl (C=O) groups excluding carboxylic acids is 3. The minimum Gasteiger partial charge on any atom is -0.324 e. The van der Waals surface area contributed by atoms with Crippen molar-refractivity contribution in [2.45, 2.75) is 29.1 Å². The highest BCUT2D eigenvalue weighted by atomic mass is 79.9. The molecular formula is C34H24BrCl3N2O3. The highest BCUT2D eigenvalue weighted by molar-refractivity contribution is 9.10. The zero-order chi connectivity index (χ0) is 30.3. The molecule has 1 saturated heterocycles. The fourth-order valence-electron chi connectivity index (χ4n) is 7.13. The molecule has 8 rings (SSSR count). The molecule has 0 aromatic heterocycles. The van der Waals surface area contributed by atoms with Crippen LogP contribution in [0.5, 0.6) is 0 Å². The number of imide groups is 1. The number of nitrogens with zero attached hydrogens (tertiary/aromatic N) is 1. The minimum atomic E-state index is -1.33. The molecular weight excluding hydrogens is 671 g/mol. The van der Waals surface area contributed by atoms with Gasteiger partial charge in [0.15, 0.2) is 0 Å². The summed E-state index contributed by atoms with van der Waals surface area (Å²) in [5.74, 6) is -3.54. The molecule has 0 saturated carbocycles. The van der Waals surface area contributed by atoms with Crippen LogP contribution in [-0.4, -0.2) is 28.7 Å². The lowest BCUT2D eigenvalue weighted by atomic mass is 9.54. The molecule has 3 aliphatic carbocycles. The van der Waals surface area contributed by atoms with E-state index < -0.39 is 45.3 Å². The molecule has 1 heterocycles. The van der Waals surface area contributed by atoms with E-state index in [1.807, 2.05) is 85.8 Å². The summed E-state index contributed by atoms with van der Waals surface area (Å²) in [5.41, 5.74) is 4.86. The first-order chi connectivity index (χ1) is 20.6. The van der Waals surface area contributed by atoms with Crippen LogP contribution in [0.25, 0.3) is 0 Å². The Morgan fingerprint density at radius 1 is 0.837 bits per heavy atom. The number of rotatable bonds is 5. The normalized spacial score (nSPS) is 25.7. The number of halogens is 4. The van der Waals surface area contributed by atoms with Crippen LogP contribution in [0.3, 0.4) is 0 Å². The third-order valence-corrected chi connectivity index (χ3v) is 11.5. The lowest BCUT2D eigenvalue weighted by Crippen LogP contribution is -2.57. The van der Waals surface area contributed by atoms with E-state index in [2.05, 4.69) is 21.2 Å². The van der Waals surface area contributed by atoms with Crippen molar-refractivity contribution in [2.24, 2.45) is 11.8 Å². The largest absolute Gasteiger partial charge is 0.324 e. The van der Waals surface area contributed by atoms with Gasteiger partial charge >= 0.3 is 0 Å². The van der Waals surface area contributed by atoms with Crippen LogP contribution in [0.4, 0.5) is 5.69 Å². The summed E-state index contributed by atoms with van der Waals surface area (Å²) >= 11 is 24.9. The average molecular weight is 695 g/mol. The number of hydrogen-bond acceptors (Lipinski definition) is 3. The third kappa shape index (κ3) is 4.00. The molecule has 43 heavy (non-hydrogen) atoms. The molecule has 1 N–H and O–H groups in total. The van der Waals surface area contributed by atoms with E-state index in [9.17, 15) is 14.4 Å². The van der Waals surface area contributed by atoms with E-state index in [1.54, 1.807) is 12.1 Å². The van der Waals surface area contributed by atoms with Crippen LogP contribution in [-0.2, 0) is 30.6 Å². The Bertz CT molecular complexity index is 1720. The predicted molar refractivity (Wildman–Crippen MR) is 171 cm³/mol. The number of alkyl halides is 2. The van der Waals surface area contributed by atoms with Gasteiger partial charge in [-0.2, -0.15) is 0 Å². The zero-order valence-corrected chi connectivity index (χ0v) is 26.6. The molecule has 5 nitrogen and oxygen atoms in total. The number of likely N-dealkylation sites (tertiary alicyclic amines) is 1. The van der Waals surface area contributed by atoms with Gasteiger partial charge in [-0.1, -0.05) is 90.5 Å². The van der Waals surface area contributed by atoms with Gasteiger partial charge in [-0.25, -0.2) is 0 Å². The summed E-state index contributed by atoms with van der Waals surface area (Å²) in [4.78, 5) is 41.8. The molecule has 1 fully saturated rings. The SMILES string of the molecule is Cc1cc(Br)c(Cl)cc1NC(=O)[C@@H](Cc1ccccc1)N1C(=O)[C@@H]2[C@H](C1=O)C1(Cl)c3ccccc3C2(Cl)c2ccccc21. The number of amides is 3. The number of benzene rings is 4. The lowest BCUT2D eigenvalue weighted by Gasteiger charge is -2.54. The van der Waals surface area contributed by atoms with Crippen LogP contribution >= 0.6 is 50.7 Å². The first-order valence-electron chi connectivity index (χ1n) is 13.8. The zero-order valence-electron chi connectivity index (χ0n) is 22.8. The number of carbonyl (C=O) groups is 3. The van der Waals surface area contributed by atoms with Gasteiger partial charge in [-0.15, -0.1) is 23.2 Å². The highest BCUT2D eigenvalue weighted by Crippen LogP contribution is 2.69.